The van der Waals surface area contributed by atoms with Gasteiger partial charge in [0.05, 0.1) is 6.04 Å². The van der Waals surface area contributed by atoms with E-state index in [9.17, 15) is 4.79 Å². The molecule has 1 heterocycles. The zero-order valence-electron chi connectivity index (χ0n) is 13.8. The summed E-state index contributed by atoms with van der Waals surface area (Å²) in [5.41, 5.74) is 2.58. The lowest BCUT2D eigenvalue weighted by molar-refractivity contribution is -0.125. The summed E-state index contributed by atoms with van der Waals surface area (Å²) in [5.74, 6) is 0.114. The van der Waals surface area contributed by atoms with Crippen LogP contribution in [0, 0.1) is 0 Å². The first-order valence-electron chi connectivity index (χ1n) is 7.98. The third-order valence-electron chi connectivity index (χ3n) is 4.34. The van der Waals surface area contributed by atoms with Crippen LogP contribution in [-0.4, -0.2) is 43.0 Å². The van der Waals surface area contributed by atoms with Crippen LogP contribution in [0.15, 0.2) is 42.0 Å². The highest BCUT2D eigenvalue weighted by molar-refractivity contribution is 5.81. The van der Waals surface area contributed by atoms with Gasteiger partial charge in [-0.05, 0) is 25.8 Å². The number of hydrogen-bond acceptors (Lipinski definition) is 3. The Balaban J connectivity index is 2.00. The Kier molecular flexibility index (Phi) is 6.16. The summed E-state index contributed by atoms with van der Waals surface area (Å²) in [4.78, 5) is 14.4. The molecule has 1 amide bonds. The number of allylic oxidation sites excluding steroid dienone is 1. The molecule has 1 aliphatic heterocycles. The molecule has 0 aliphatic carbocycles. The lowest BCUT2D eigenvalue weighted by Crippen LogP contribution is -2.41. The molecule has 0 radical (unpaired) electrons. The molecule has 2 rings (SSSR count). The van der Waals surface area contributed by atoms with Gasteiger partial charge in [-0.2, -0.15) is 0 Å². The predicted octanol–water partition coefficient (Wildman–Crippen LogP) is 1.93. The van der Waals surface area contributed by atoms with Crippen molar-refractivity contribution in [3.8, 4) is 0 Å². The quantitative estimate of drug-likeness (QED) is 0.789. The molecule has 1 aromatic carbocycles. The molecule has 1 aliphatic rings. The Hall–Kier alpha value is -1.65. The van der Waals surface area contributed by atoms with E-state index in [-0.39, 0.29) is 11.9 Å². The molecule has 0 bridgehead atoms. The second-order valence-corrected chi connectivity index (χ2v) is 5.99. The van der Waals surface area contributed by atoms with Crippen LogP contribution in [0.2, 0.25) is 0 Å². The van der Waals surface area contributed by atoms with Crippen molar-refractivity contribution in [1.29, 1.82) is 0 Å². The molecule has 1 saturated heterocycles. The Morgan fingerprint density at radius 2 is 2.09 bits per heavy atom. The maximum Gasteiger partial charge on any atom is 0.237 e. The van der Waals surface area contributed by atoms with Gasteiger partial charge in [0, 0.05) is 32.7 Å². The van der Waals surface area contributed by atoms with Crippen LogP contribution >= 0.6 is 0 Å². The van der Waals surface area contributed by atoms with Crippen LogP contribution in [0.3, 0.4) is 0 Å². The van der Waals surface area contributed by atoms with Crippen molar-refractivity contribution < 1.29 is 4.79 Å². The molecule has 1 fully saturated rings. The van der Waals surface area contributed by atoms with Gasteiger partial charge in [-0.25, -0.2) is 0 Å². The molecule has 0 aromatic heterocycles. The van der Waals surface area contributed by atoms with Crippen LogP contribution in [0.5, 0.6) is 0 Å². The standard InChI is InChI=1S/C18H27N3O/c1-4-14(2)11-20-16-10-17(18(22)19-3)21(13-16)12-15-8-6-5-7-9-15/h4-9,16-17,20H,10-13H2,1-3H3,(H,19,22)/b14-4+/t16-,17+/m1/s1. The first-order valence-corrected chi connectivity index (χ1v) is 7.98. The van der Waals surface area contributed by atoms with Crippen molar-refractivity contribution >= 4 is 5.91 Å². The molecule has 1 aromatic rings. The zero-order valence-corrected chi connectivity index (χ0v) is 13.8. The number of carbonyl (C=O) groups excluding carboxylic acids is 1. The summed E-state index contributed by atoms with van der Waals surface area (Å²) in [6, 6.07) is 10.7. The van der Waals surface area contributed by atoms with Crippen molar-refractivity contribution in [2.75, 3.05) is 20.1 Å². The van der Waals surface area contributed by atoms with E-state index in [0.29, 0.717) is 6.04 Å². The molecule has 4 heteroatoms. The van der Waals surface area contributed by atoms with E-state index in [2.05, 4.69) is 47.6 Å². The normalized spacial score (nSPS) is 22.8. The highest BCUT2D eigenvalue weighted by Gasteiger charge is 2.35. The SMILES string of the molecule is C/C=C(\C)CN[C@@H]1C[C@@H](C(=O)NC)N(Cc2ccccc2)C1. The van der Waals surface area contributed by atoms with Crippen molar-refractivity contribution in [3.63, 3.8) is 0 Å². The Labute approximate surface area is 133 Å². The minimum absolute atomic E-state index is 0.0476. The lowest BCUT2D eigenvalue weighted by Gasteiger charge is -2.22. The summed E-state index contributed by atoms with van der Waals surface area (Å²) >= 11 is 0. The van der Waals surface area contributed by atoms with E-state index >= 15 is 0 Å². The average Bonchev–Trinajstić information content (AvgIpc) is 2.95. The Morgan fingerprint density at radius 3 is 2.73 bits per heavy atom. The first-order chi connectivity index (χ1) is 10.6. The van der Waals surface area contributed by atoms with Gasteiger partial charge in [-0.15, -0.1) is 0 Å². The minimum Gasteiger partial charge on any atom is -0.358 e. The fourth-order valence-electron chi connectivity index (χ4n) is 2.89. The highest BCUT2D eigenvalue weighted by atomic mass is 16.2. The van der Waals surface area contributed by atoms with E-state index in [0.717, 1.165) is 26.1 Å². The van der Waals surface area contributed by atoms with Gasteiger partial charge in [-0.1, -0.05) is 42.0 Å². The van der Waals surface area contributed by atoms with Crippen molar-refractivity contribution in [2.45, 2.75) is 38.9 Å². The summed E-state index contributed by atoms with van der Waals surface area (Å²) < 4.78 is 0. The topological polar surface area (TPSA) is 44.4 Å². The summed E-state index contributed by atoms with van der Waals surface area (Å²) in [5, 5.41) is 6.37. The Bertz CT molecular complexity index is 512. The second-order valence-electron chi connectivity index (χ2n) is 5.99. The fourth-order valence-corrected chi connectivity index (χ4v) is 2.89. The number of rotatable bonds is 6. The van der Waals surface area contributed by atoms with Gasteiger partial charge in [-0.3, -0.25) is 9.69 Å². The zero-order chi connectivity index (χ0) is 15.9. The molecular weight excluding hydrogens is 274 g/mol. The molecule has 22 heavy (non-hydrogen) atoms. The number of likely N-dealkylation sites (N-methyl/N-ethyl adjacent to an activating group) is 1. The smallest absolute Gasteiger partial charge is 0.237 e. The molecule has 0 unspecified atom stereocenters. The number of likely N-dealkylation sites (tertiary alicyclic amines) is 1. The lowest BCUT2D eigenvalue weighted by atomic mass is 10.1. The summed E-state index contributed by atoms with van der Waals surface area (Å²) in [7, 11) is 1.72. The summed E-state index contributed by atoms with van der Waals surface area (Å²) in [6.07, 6.45) is 2.99. The number of nitrogens with zero attached hydrogens (tertiary/aromatic N) is 1. The minimum atomic E-state index is -0.0476. The van der Waals surface area contributed by atoms with Crippen molar-refractivity contribution in [3.05, 3.63) is 47.5 Å². The van der Waals surface area contributed by atoms with Crippen LogP contribution in [0.4, 0.5) is 0 Å². The maximum atomic E-state index is 12.2. The third-order valence-corrected chi connectivity index (χ3v) is 4.34. The first kappa shape index (κ1) is 16.7. The maximum absolute atomic E-state index is 12.2. The largest absolute Gasteiger partial charge is 0.358 e. The Morgan fingerprint density at radius 1 is 1.36 bits per heavy atom. The summed E-state index contributed by atoms with van der Waals surface area (Å²) in [6.45, 7) is 6.80. The average molecular weight is 301 g/mol. The molecule has 120 valence electrons. The molecule has 0 saturated carbocycles. The van der Waals surface area contributed by atoms with Gasteiger partial charge in [0.25, 0.3) is 0 Å². The highest BCUT2D eigenvalue weighted by Crippen LogP contribution is 2.21. The van der Waals surface area contributed by atoms with Crippen LogP contribution in [0.1, 0.15) is 25.8 Å². The predicted molar refractivity (Wildman–Crippen MR) is 90.5 cm³/mol. The van der Waals surface area contributed by atoms with Gasteiger partial charge in [0.1, 0.15) is 0 Å². The fraction of sp³-hybridized carbons (Fsp3) is 0.500. The van der Waals surface area contributed by atoms with E-state index in [1.165, 1.54) is 11.1 Å². The van der Waals surface area contributed by atoms with Crippen LogP contribution in [0.25, 0.3) is 0 Å². The molecule has 0 spiro atoms. The number of amides is 1. The van der Waals surface area contributed by atoms with Crippen molar-refractivity contribution in [1.82, 2.24) is 15.5 Å². The van der Waals surface area contributed by atoms with Crippen molar-refractivity contribution in [2.24, 2.45) is 0 Å². The van der Waals surface area contributed by atoms with Gasteiger partial charge in [0.2, 0.25) is 5.91 Å². The van der Waals surface area contributed by atoms with E-state index in [4.69, 9.17) is 0 Å². The number of benzene rings is 1. The number of hydrogen-bond donors (Lipinski definition) is 2. The van der Waals surface area contributed by atoms with E-state index in [1.807, 2.05) is 18.2 Å². The van der Waals surface area contributed by atoms with Gasteiger partial charge in [0.15, 0.2) is 0 Å². The molecule has 2 N–H and O–H groups in total. The molecular formula is C18H27N3O. The molecule has 4 nitrogen and oxygen atoms in total. The molecule has 2 atom stereocenters. The van der Waals surface area contributed by atoms with Crippen LogP contribution < -0.4 is 10.6 Å². The van der Waals surface area contributed by atoms with E-state index < -0.39 is 0 Å². The number of carbonyl (C=O) groups is 1. The van der Waals surface area contributed by atoms with Crippen LogP contribution in [-0.2, 0) is 11.3 Å². The third kappa shape index (κ3) is 4.42. The monoisotopic (exact) mass is 301 g/mol. The number of nitrogens with one attached hydrogen (secondary N) is 2. The van der Waals surface area contributed by atoms with E-state index in [1.54, 1.807) is 7.05 Å². The van der Waals surface area contributed by atoms with Gasteiger partial charge >= 0.3 is 0 Å². The van der Waals surface area contributed by atoms with Gasteiger partial charge < -0.3 is 10.6 Å². The second kappa shape index (κ2) is 8.11.